The number of hydrogen-bond donors (Lipinski definition) is 0. The standard InChI is InChI=1S/C20H26N6/c1-14-8-7-9-15(2)18(14)26-20(21-22-23-26)19(25(5)6)16-10-12-17(13-11-16)24(3)4/h7-13,19H,1-6H3/t19-/m0/s1. The molecule has 0 aliphatic heterocycles. The SMILES string of the molecule is Cc1cccc(C)c1-n1nnnc1[C@H](c1ccc(N(C)C)cc1)N(C)C. The lowest BCUT2D eigenvalue weighted by Crippen LogP contribution is -2.25. The van der Waals surface area contributed by atoms with E-state index in [2.05, 4.69) is 81.6 Å². The van der Waals surface area contributed by atoms with Crippen LogP contribution in [0.2, 0.25) is 0 Å². The second kappa shape index (κ2) is 7.25. The van der Waals surface area contributed by atoms with Crippen molar-refractivity contribution in [2.75, 3.05) is 33.1 Å². The van der Waals surface area contributed by atoms with E-state index < -0.39 is 0 Å². The number of aromatic nitrogens is 4. The Balaban J connectivity index is 2.10. The molecule has 1 aromatic heterocycles. The van der Waals surface area contributed by atoms with Crippen LogP contribution < -0.4 is 4.90 Å². The average molecular weight is 350 g/mol. The number of rotatable bonds is 5. The number of benzene rings is 2. The largest absolute Gasteiger partial charge is 0.378 e. The van der Waals surface area contributed by atoms with E-state index in [1.54, 1.807) is 0 Å². The van der Waals surface area contributed by atoms with E-state index in [9.17, 15) is 0 Å². The first-order valence-corrected chi connectivity index (χ1v) is 8.68. The fraction of sp³-hybridized carbons (Fsp3) is 0.350. The van der Waals surface area contributed by atoms with Crippen molar-refractivity contribution in [3.8, 4) is 5.69 Å². The maximum absolute atomic E-state index is 4.38. The molecule has 3 rings (SSSR count). The van der Waals surface area contributed by atoms with Crippen LogP contribution >= 0.6 is 0 Å². The van der Waals surface area contributed by atoms with Crippen LogP contribution in [0.3, 0.4) is 0 Å². The maximum Gasteiger partial charge on any atom is 0.178 e. The van der Waals surface area contributed by atoms with Gasteiger partial charge in [0.15, 0.2) is 5.82 Å². The normalized spacial score (nSPS) is 12.4. The van der Waals surface area contributed by atoms with Crippen LogP contribution in [0.25, 0.3) is 5.69 Å². The molecular formula is C20H26N6. The molecule has 0 radical (unpaired) electrons. The molecule has 1 atom stereocenters. The lowest BCUT2D eigenvalue weighted by atomic mass is 10.0. The van der Waals surface area contributed by atoms with Crippen LogP contribution in [-0.2, 0) is 0 Å². The molecule has 0 unspecified atom stereocenters. The van der Waals surface area contributed by atoms with Gasteiger partial charge in [0.05, 0.1) is 11.7 Å². The smallest absolute Gasteiger partial charge is 0.178 e. The van der Waals surface area contributed by atoms with Gasteiger partial charge in [0.1, 0.15) is 0 Å². The first kappa shape index (κ1) is 18.1. The Hall–Kier alpha value is -2.73. The molecule has 0 saturated heterocycles. The van der Waals surface area contributed by atoms with Gasteiger partial charge in [-0.25, -0.2) is 0 Å². The molecule has 2 aromatic carbocycles. The van der Waals surface area contributed by atoms with Gasteiger partial charge in [-0.1, -0.05) is 30.3 Å². The Morgan fingerprint density at radius 3 is 2.04 bits per heavy atom. The quantitative estimate of drug-likeness (QED) is 0.708. The Kier molecular flexibility index (Phi) is 5.04. The minimum atomic E-state index is -0.0415. The Morgan fingerprint density at radius 1 is 0.885 bits per heavy atom. The first-order valence-electron chi connectivity index (χ1n) is 8.68. The fourth-order valence-electron chi connectivity index (χ4n) is 3.30. The van der Waals surface area contributed by atoms with Crippen LogP contribution in [0.4, 0.5) is 5.69 Å². The number of tetrazole rings is 1. The third kappa shape index (κ3) is 3.32. The van der Waals surface area contributed by atoms with Gasteiger partial charge in [0.2, 0.25) is 0 Å². The predicted molar refractivity (Wildman–Crippen MR) is 105 cm³/mol. The number of aryl methyl sites for hydroxylation is 2. The first-order chi connectivity index (χ1) is 12.4. The highest BCUT2D eigenvalue weighted by Gasteiger charge is 2.25. The average Bonchev–Trinajstić information content (AvgIpc) is 3.04. The predicted octanol–water partition coefficient (Wildman–Crippen LogP) is 3.00. The van der Waals surface area contributed by atoms with Crippen molar-refractivity contribution in [2.24, 2.45) is 0 Å². The summed E-state index contributed by atoms with van der Waals surface area (Å²) < 4.78 is 1.87. The van der Waals surface area contributed by atoms with Gasteiger partial charge in [-0.2, -0.15) is 4.68 Å². The summed E-state index contributed by atoms with van der Waals surface area (Å²) in [6.07, 6.45) is 0. The molecule has 0 aliphatic rings. The summed E-state index contributed by atoms with van der Waals surface area (Å²) in [6.45, 7) is 4.18. The number of hydrogen-bond acceptors (Lipinski definition) is 5. The fourth-order valence-corrected chi connectivity index (χ4v) is 3.30. The van der Waals surface area contributed by atoms with Crippen LogP contribution in [0.15, 0.2) is 42.5 Å². The van der Waals surface area contributed by atoms with Gasteiger partial charge in [-0.15, -0.1) is 5.10 Å². The van der Waals surface area contributed by atoms with Gasteiger partial charge < -0.3 is 4.90 Å². The van der Waals surface area contributed by atoms with E-state index in [0.717, 1.165) is 28.2 Å². The highest BCUT2D eigenvalue weighted by atomic mass is 15.6. The molecule has 6 heteroatoms. The molecular weight excluding hydrogens is 324 g/mol. The Bertz CT molecular complexity index is 859. The summed E-state index contributed by atoms with van der Waals surface area (Å²) in [6, 6.07) is 14.7. The minimum absolute atomic E-state index is 0.0415. The second-order valence-corrected chi connectivity index (χ2v) is 7.04. The molecule has 0 amide bonds. The second-order valence-electron chi connectivity index (χ2n) is 7.04. The van der Waals surface area contributed by atoms with Crippen LogP contribution in [0, 0.1) is 13.8 Å². The highest BCUT2D eigenvalue weighted by Crippen LogP contribution is 2.29. The molecule has 136 valence electrons. The highest BCUT2D eigenvalue weighted by molar-refractivity contribution is 5.49. The van der Waals surface area contributed by atoms with Crippen molar-refractivity contribution < 1.29 is 0 Å². The van der Waals surface area contributed by atoms with Crippen molar-refractivity contribution in [2.45, 2.75) is 19.9 Å². The van der Waals surface area contributed by atoms with Crippen LogP contribution in [0.1, 0.15) is 28.6 Å². The molecule has 6 nitrogen and oxygen atoms in total. The lowest BCUT2D eigenvalue weighted by molar-refractivity contribution is 0.325. The maximum atomic E-state index is 4.38. The Labute approximate surface area is 155 Å². The summed E-state index contributed by atoms with van der Waals surface area (Å²) in [4.78, 5) is 4.23. The summed E-state index contributed by atoms with van der Waals surface area (Å²) >= 11 is 0. The molecule has 0 saturated carbocycles. The molecule has 0 aliphatic carbocycles. The van der Waals surface area contributed by atoms with Gasteiger partial charge in [-0.3, -0.25) is 4.90 Å². The van der Waals surface area contributed by atoms with E-state index in [1.165, 1.54) is 5.69 Å². The summed E-state index contributed by atoms with van der Waals surface area (Å²) in [7, 11) is 8.18. The molecule has 0 bridgehead atoms. The summed E-state index contributed by atoms with van der Waals surface area (Å²) in [5.74, 6) is 0.810. The number of nitrogens with zero attached hydrogens (tertiary/aromatic N) is 6. The van der Waals surface area contributed by atoms with E-state index in [-0.39, 0.29) is 6.04 Å². The monoisotopic (exact) mass is 350 g/mol. The van der Waals surface area contributed by atoms with Gasteiger partial charge in [-0.05, 0) is 67.2 Å². The molecule has 0 N–H and O–H groups in total. The van der Waals surface area contributed by atoms with E-state index in [0.29, 0.717) is 0 Å². The number of anilines is 1. The molecule has 0 spiro atoms. The van der Waals surface area contributed by atoms with Gasteiger partial charge >= 0.3 is 0 Å². The van der Waals surface area contributed by atoms with Gasteiger partial charge in [0.25, 0.3) is 0 Å². The summed E-state index contributed by atoms with van der Waals surface area (Å²) in [5, 5.41) is 12.7. The molecule has 3 aromatic rings. The zero-order chi connectivity index (χ0) is 18.8. The van der Waals surface area contributed by atoms with Crippen molar-refractivity contribution >= 4 is 5.69 Å². The Morgan fingerprint density at radius 2 is 1.50 bits per heavy atom. The van der Waals surface area contributed by atoms with Crippen molar-refractivity contribution in [3.05, 3.63) is 65.0 Å². The van der Waals surface area contributed by atoms with E-state index >= 15 is 0 Å². The summed E-state index contributed by atoms with van der Waals surface area (Å²) in [5.41, 5.74) is 5.67. The number of para-hydroxylation sites is 1. The van der Waals surface area contributed by atoms with Crippen molar-refractivity contribution in [3.63, 3.8) is 0 Å². The zero-order valence-corrected chi connectivity index (χ0v) is 16.3. The van der Waals surface area contributed by atoms with Crippen LogP contribution in [0.5, 0.6) is 0 Å². The zero-order valence-electron chi connectivity index (χ0n) is 16.3. The van der Waals surface area contributed by atoms with Crippen molar-refractivity contribution in [1.29, 1.82) is 0 Å². The van der Waals surface area contributed by atoms with E-state index in [4.69, 9.17) is 0 Å². The van der Waals surface area contributed by atoms with Crippen LogP contribution in [-0.4, -0.2) is 53.3 Å². The lowest BCUT2D eigenvalue weighted by Gasteiger charge is -2.25. The molecule has 0 fully saturated rings. The third-order valence-corrected chi connectivity index (χ3v) is 4.63. The minimum Gasteiger partial charge on any atom is -0.378 e. The molecule has 26 heavy (non-hydrogen) atoms. The topological polar surface area (TPSA) is 50.1 Å². The van der Waals surface area contributed by atoms with E-state index in [1.807, 2.05) is 32.9 Å². The molecule has 1 heterocycles. The van der Waals surface area contributed by atoms with Gasteiger partial charge in [0, 0.05) is 19.8 Å². The third-order valence-electron chi connectivity index (χ3n) is 4.63. The van der Waals surface area contributed by atoms with Crippen molar-refractivity contribution in [1.82, 2.24) is 25.1 Å².